The van der Waals surface area contributed by atoms with E-state index in [1.54, 1.807) is 16.8 Å². The van der Waals surface area contributed by atoms with Gasteiger partial charge >= 0.3 is 0 Å². The van der Waals surface area contributed by atoms with E-state index < -0.39 is 5.82 Å². The standard InChI is InChI=1S/C13H13FN4O/c1-9(2)18-13(16-8-17-18)7-19-11-4-3-10(6-15)12(14)5-11/h3-5,8-9H,7H2,1-2H3. The lowest BCUT2D eigenvalue weighted by Crippen LogP contribution is -2.10. The molecular weight excluding hydrogens is 247 g/mol. The van der Waals surface area contributed by atoms with Crippen LogP contribution in [-0.4, -0.2) is 14.8 Å². The maximum absolute atomic E-state index is 13.4. The predicted octanol–water partition coefficient (Wildman–Crippen LogP) is 2.45. The second-order valence-electron chi connectivity index (χ2n) is 4.26. The molecule has 19 heavy (non-hydrogen) atoms. The number of benzene rings is 1. The zero-order valence-electron chi connectivity index (χ0n) is 10.7. The van der Waals surface area contributed by atoms with Gasteiger partial charge < -0.3 is 4.74 Å². The molecule has 0 aliphatic heterocycles. The number of nitriles is 1. The monoisotopic (exact) mass is 260 g/mol. The Labute approximate surface area is 110 Å². The van der Waals surface area contributed by atoms with Gasteiger partial charge in [-0.25, -0.2) is 14.1 Å². The van der Waals surface area contributed by atoms with Gasteiger partial charge in [0.1, 0.15) is 30.6 Å². The quantitative estimate of drug-likeness (QED) is 0.847. The highest BCUT2D eigenvalue weighted by Crippen LogP contribution is 2.17. The Morgan fingerprint density at radius 3 is 2.89 bits per heavy atom. The van der Waals surface area contributed by atoms with E-state index in [0.29, 0.717) is 11.6 Å². The van der Waals surface area contributed by atoms with Crippen molar-refractivity contribution in [3.63, 3.8) is 0 Å². The first-order valence-electron chi connectivity index (χ1n) is 5.82. The minimum absolute atomic E-state index is 0.00213. The van der Waals surface area contributed by atoms with Crippen molar-refractivity contribution in [1.29, 1.82) is 5.26 Å². The average Bonchev–Trinajstić information content (AvgIpc) is 2.85. The fourth-order valence-corrected chi connectivity index (χ4v) is 1.63. The summed E-state index contributed by atoms with van der Waals surface area (Å²) in [7, 11) is 0. The number of rotatable bonds is 4. The Hall–Kier alpha value is -2.42. The molecule has 0 saturated carbocycles. The molecule has 0 N–H and O–H groups in total. The van der Waals surface area contributed by atoms with Gasteiger partial charge in [-0.05, 0) is 26.0 Å². The largest absolute Gasteiger partial charge is 0.486 e. The van der Waals surface area contributed by atoms with Gasteiger partial charge in [-0.15, -0.1) is 0 Å². The fraction of sp³-hybridized carbons (Fsp3) is 0.308. The van der Waals surface area contributed by atoms with Crippen molar-refractivity contribution in [2.45, 2.75) is 26.5 Å². The van der Waals surface area contributed by atoms with Crippen LogP contribution in [0.1, 0.15) is 31.3 Å². The van der Waals surface area contributed by atoms with Crippen LogP contribution in [0.4, 0.5) is 4.39 Å². The third-order valence-electron chi connectivity index (χ3n) is 2.57. The Balaban J connectivity index is 2.09. The maximum Gasteiger partial charge on any atom is 0.165 e. The second-order valence-corrected chi connectivity index (χ2v) is 4.26. The summed E-state index contributed by atoms with van der Waals surface area (Å²) >= 11 is 0. The summed E-state index contributed by atoms with van der Waals surface area (Å²) in [5.41, 5.74) is -0.00213. The molecule has 2 aromatic rings. The van der Waals surface area contributed by atoms with E-state index in [-0.39, 0.29) is 18.2 Å². The van der Waals surface area contributed by atoms with Crippen LogP contribution in [0.25, 0.3) is 0 Å². The predicted molar refractivity (Wildman–Crippen MR) is 65.9 cm³/mol. The van der Waals surface area contributed by atoms with Crippen molar-refractivity contribution >= 4 is 0 Å². The molecule has 98 valence electrons. The summed E-state index contributed by atoms with van der Waals surface area (Å²) in [5.74, 6) is 0.430. The lowest BCUT2D eigenvalue weighted by atomic mass is 10.2. The molecule has 2 rings (SSSR count). The van der Waals surface area contributed by atoms with Crippen molar-refractivity contribution in [3.8, 4) is 11.8 Å². The van der Waals surface area contributed by atoms with E-state index in [1.807, 2.05) is 13.8 Å². The van der Waals surface area contributed by atoms with Crippen LogP contribution >= 0.6 is 0 Å². The third-order valence-corrected chi connectivity index (χ3v) is 2.57. The van der Waals surface area contributed by atoms with Crippen LogP contribution in [0.15, 0.2) is 24.5 Å². The number of aromatic nitrogens is 3. The topological polar surface area (TPSA) is 63.7 Å². The number of halogens is 1. The molecule has 0 aliphatic carbocycles. The maximum atomic E-state index is 13.4. The molecule has 1 heterocycles. The summed E-state index contributed by atoms with van der Waals surface area (Å²) in [4.78, 5) is 4.09. The summed E-state index contributed by atoms with van der Waals surface area (Å²) < 4.78 is 20.6. The molecule has 0 unspecified atom stereocenters. The van der Waals surface area contributed by atoms with Gasteiger partial charge in [0.2, 0.25) is 0 Å². The van der Waals surface area contributed by atoms with Crippen LogP contribution in [0, 0.1) is 17.1 Å². The Kier molecular flexibility index (Phi) is 3.76. The van der Waals surface area contributed by atoms with Crippen molar-refractivity contribution in [2.24, 2.45) is 0 Å². The van der Waals surface area contributed by atoms with Crippen molar-refractivity contribution in [3.05, 3.63) is 41.7 Å². The molecule has 0 amide bonds. The molecule has 0 atom stereocenters. The van der Waals surface area contributed by atoms with E-state index in [0.717, 1.165) is 0 Å². The first-order valence-corrected chi connectivity index (χ1v) is 5.82. The minimum Gasteiger partial charge on any atom is -0.486 e. The highest BCUT2D eigenvalue weighted by atomic mass is 19.1. The summed E-state index contributed by atoms with van der Waals surface area (Å²) in [5, 5.41) is 12.7. The second kappa shape index (κ2) is 5.48. The fourth-order valence-electron chi connectivity index (χ4n) is 1.63. The number of hydrogen-bond acceptors (Lipinski definition) is 4. The van der Waals surface area contributed by atoms with Gasteiger partial charge in [0, 0.05) is 12.1 Å². The first kappa shape index (κ1) is 13.0. The molecule has 0 aliphatic rings. The number of nitrogens with zero attached hydrogens (tertiary/aromatic N) is 4. The Morgan fingerprint density at radius 2 is 2.26 bits per heavy atom. The zero-order chi connectivity index (χ0) is 13.8. The van der Waals surface area contributed by atoms with Crippen molar-refractivity contribution in [1.82, 2.24) is 14.8 Å². The zero-order valence-corrected chi connectivity index (χ0v) is 10.7. The van der Waals surface area contributed by atoms with E-state index in [4.69, 9.17) is 10.00 Å². The van der Waals surface area contributed by atoms with E-state index in [1.165, 1.54) is 18.5 Å². The number of hydrogen-bond donors (Lipinski definition) is 0. The molecule has 0 fully saturated rings. The lowest BCUT2D eigenvalue weighted by Gasteiger charge is -2.10. The summed E-state index contributed by atoms with van der Waals surface area (Å²) in [6.07, 6.45) is 1.46. The minimum atomic E-state index is -0.592. The third kappa shape index (κ3) is 2.88. The van der Waals surface area contributed by atoms with Crippen LogP contribution in [-0.2, 0) is 6.61 Å². The smallest absolute Gasteiger partial charge is 0.165 e. The van der Waals surface area contributed by atoms with E-state index in [9.17, 15) is 4.39 Å². The molecule has 6 heteroatoms. The molecule has 0 bridgehead atoms. The highest BCUT2D eigenvalue weighted by molar-refractivity contribution is 5.36. The Morgan fingerprint density at radius 1 is 1.47 bits per heavy atom. The van der Waals surface area contributed by atoms with Gasteiger partial charge in [-0.1, -0.05) is 0 Å². The van der Waals surface area contributed by atoms with Gasteiger partial charge in [0.25, 0.3) is 0 Å². The highest BCUT2D eigenvalue weighted by Gasteiger charge is 2.09. The van der Waals surface area contributed by atoms with E-state index >= 15 is 0 Å². The lowest BCUT2D eigenvalue weighted by molar-refractivity contribution is 0.281. The average molecular weight is 260 g/mol. The first-order chi connectivity index (χ1) is 9.11. The normalized spacial score (nSPS) is 10.5. The van der Waals surface area contributed by atoms with Crippen LogP contribution < -0.4 is 4.74 Å². The molecule has 0 radical (unpaired) electrons. The van der Waals surface area contributed by atoms with Gasteiger partial charge in [-0.3, -0.25) is 0 Å². The van der Waals surface area contributed by atoms with Crippen LogP contribution in [0.5, 0.6) is 5.75 Å². The molecule has 1 aromatic heterocycles. The van der Waals surface area contributed by atoms with Gasteiger partial charge in [0.15, 0.2) is 5.82 Å². The van der Waals surface area contributed by atoms with Crippen LogP contribution in [0.3, 0.4) is 0 Å². The van der Waals surface area contributed by atoms with Crippen LogP contribution in [0.2, 0.25) is 0 Å². The summed E-state index contributed by atoms with van der Waals surface area (Å²) in [6.45, 7) is 4.17. The molecule has 0 saturated heterocycles. The van der Waals surface area contributed by atoms with Crippen molar-refractivity contribution < 1.29 is 9.13 Å². The molecule has 0 spiro atoms. The molecule has 1 aromatic carbocycles. The van der Waals surface area contributed by atoms with Gasteiger partial charge in [-0.2, -0.15) is 10.4 Å². The summed E-state index contributed by atoms with van der Waals surface area (Å²) in [6, 6.07) is 6.07. The SMILES string of the molecule is CC(C)n1ncnc1COc1ccc(C#N)c(F)c1. The Bertz CT molecular complexity index is 615. The van der Waals surface area contributed by atoms with Gasteiger partial charge in [0.05, 0.1) is 5.56 Å². The molecule has 5 nitrogen and oxygen atoms in total. The van der Waals surface area contributed by atoms with E-state index in [2.05, 4.69) is 10.1 Å². The molecular formula is C13H13FN4O. The van der Waals surface area contributed by atoms with Crippen molar-refractivity contribution in [2.75, 3.05) is 0 Å². The number of ether oxygens (including phenoxy) is 1.